The Hall–Kier alpha value is -3.41. The fraction of sp³-hybridized carbons (Fsp3) is 0.292. The summed E-state index contributed by atoms with van der Waals surface area (Å²) < 4.78 is 1.90. The molecule has 0 saturated carbocycles. The van der Waals surface area contributed by atoms with Gasteiger partial charge in [0.15, 0.2) is 5.65 Å². The van der Waals surface area contributed by atoms with Gasteiger partial charge >= 0.3 is 0 Å². The Morgan fingerprint density at radius 3 is 2.50 bits per heavy atom. The highest BCUT2D eigenvalue weighted by molar-refractivity contribution is 5.87. The van der Waals surface area contributed by atoms with Crippen molar-refractivity contribution in [1.82, 2.24) is 19.7 Å². The van der Waals surface area contributed by atoms with Gasteiger partial charge in [-0.25, -0.2) is 14.6 Å². The molecule has 0 bridgehead atoms. The van der Waals surface area contributed by atoms with Crippen LogP contribution in [0.1, 0.15) is 18.1 Å². The third-order valence-electron chi connectivity index (χ3n) is 5.88. The molecule has 1 aliphatic rings. The van der Waals surface area contributed by atoms with Crippen molar-refractivity contribution in [2.75, 3.05) is 29.4 Å². The quantitative estimate of drug-likeness (QED) is 0.519. The fourth-order valence-electron chi connectivity index (χ4n) is 4.30. The van der Waals surface area contributed by atoms with Crippen LogP contribution in [0.15, 0.2) is 61.1 Å². The average molecular weight is 399 g/mol. The van der Waals surface area contributed by atoms with Crippen LogP contribution in [-0.2, 0) is 0 Å². The first-order chi connectivity index (χ1) is 14.6. The summed E-state index contributed by atoms with van der Waals surface area (Å²) in [5.74, 6) is 0.967. The maximum Gasteiger partial charge on any atom is 0.168 e. The van der Waals surface area contributed by atoms with Crippen LogP contribution < -0.4 is 9.80 Å². The number of hydrogen-bond donors (Lipinski definition) is 0. The smallest absolute Gasteiger partial charge is 0.168 e. The zero-order valence-electron chi connectivity index (χ0n) is 17.7. The van der Waals surface area contributed by atoms with E-state index < -0.39 is 0 Å². The lowest BCUT2D eigenvalue weighted by atomic mass is 10.1. The summed E-state index contributed by atoms with van der Waals surface area (Å²) in [6.45, 7) is 9.28. The molecule has 1 atom stereocenters. The van der Waals surface area contributed by atoms with Gasteiger partial charge in [-0.15, -0.1) is 0 Å². The second kappa shape index (κ2) is 7.44. The Morgan fingerprint density at radius 1 is 0.900 bits per heavy atom. The molecule has 152 valence electrons. The highest BCUT2D eigenvalue weighted by Crippen LogP contribution is 2.28. The maximum atomic E-state index is 4.64. The molecule has 0 spiro atoms. The molecule has 30 heavy (non-hydrogen) atoms. The summed E-state index contributed by atoms with van der Waals surface area (Å²) in [4.78, 5) is 14.0. The van der Waals surface area contributed by atoms with E-state index in [0.717, 1.165) is 42.2 Å². The Bertz CT molecular complexity index is 1180. The summed E-state index contributed by atoms with van der Waals surface area (Å²) in [5.41, 5.74) is 5.64. The normalized spacial score (nSPS) is 17.0. The van der Waals surface area contributed by atoms with Crippen LogP contribution in [0, 0.1) is 13.8 Å². The molecule has 6 heteroatoms. The average Bonchev–Trinajstić information content (AvgIpc) is 3.19. The Labute approximate surface area is 176 Å². The maximum absolute atomic E-state index is 4.64. The van der Waals surface area contributed by atoms with Crippen molar-refractivity contribution in [2.24, 2.45) is 0 Å². The van der Waals surface area contributed by atoms with Crippen molar-refractivity contribution in [3.8, 4) is 5.69 Å². The zero-order chi connectivity index (χ0) is 20.7. The topological polar surface area (TPSA) is 50.1 Å². The van der Waals surface area contributed by atoms with Crippen molar-refractivity contribution in [2.45, 2.75) is 26.8 Å². The molecule has 0 radical (unpaired) electrons. The van der Waals surface area contributed by atoms with Gasteiger partial charge in [0.1, 0.15) is 12.1 Å². The minimum Gasteiger partial charge on any atom is -0.365 e. The van der Waals surface area contributed by atoms with Crippen LogP contribution in [-0.4, -0.2) is 45.4 Å². The second-order valence-electron chi connectivity index (χ2n) is 8.15. The van der Waals surface area contributed by atoms with Gasteiger partial charge in [-0.1, -0.05) is 29.8 Å². The molecule has 5 rings (SSSR count). The molecule has 4 aromatic rings. The highest BCUT2D eigenvalue weighted by Gasteiger charge is 2.26. The van der Waals surface area contributed by atoms with Gasteiger partial charge in [0.25, 0.3) is 0 Å². The van der Waals surface area contributed by atoms with E-state index in [2.05, 4.69) is 88.1 Å². The molecule has 0 N–H and O–H groups in total. The molecule has 1 aliphatic heterocycles. The van der Waals surface area contributed by atoms with Crippen LogP contribution in [0.4, 0.5) is 11.5 Å². The number of anilines is 2. The Morgan fingerprint density at radius 2 is 1.73 bits per heavy atom. The summed E-state index contributed by atoms with van der Waals surface area (Å²) in [6, 6.07) is 17.5. The first-order valence-electron chi connectivity index (χ1n) is 10.4. The number of hydrogen-bond acceptors (Lipinski definition) is 5. The van der Waals surface area contributed by atoms with E-state index in [4.69, 9.17) is 0 Å². The van der Waals surface area contributed by atoms with Crippen LogP contribution in [0.2, 0.25) is 0 Å². The van der Waals surface area contributed by atoms with E-state index >= 15 is 0 Å². The molecular weight excluding hydrogens is 372 g/mol. The van der Waals surface area contributed by atoms with E-state index in [1.165, 1.54) is 16.8 Å². The number of rotatable bonds is 3. The van der Waals surface area contributed by atoms with Crippen LogP contribution in [0.25, 0.3) is 16.7 Å². The van der Waals surface area contributed by atoms with Crippen LogP contribution in [0.5, 0.6) is 0 Å². The summed E-state index contributed by atoms with van der Waals surface area (Å²) in [7, 11) is 0. The third-order valence-corrected chi connectivity index (χ3v) is 5.88. The standard InChI is InChI=1S/C24H26N6/c1-17-7-9-20(10-8-17)29-12-11-28(15-19(29)3)23-22-14-27-30(24(22)26-16-25-23)21-6-4-5-18(2)13-21/h4-10,13-14,16,19H,11-12,15H2,1-3H3/t19-/m1/s1. The summed E-state index contributed by atoms with van der Waals surface area (Å²) in [5, 5.41) is 5.62. The lowest BCUT2D eigenvalue weighted by molar-refractivity contribution is 0.548. The van der Waals surface area contributed by atoms with Gasteiger partial charge < -0.3 is 9.80 Å². The van der Waals surface area contributed by atoms with Crippen molar-refractivity contribution in [3.63, 3.8) is 0 Å². The van der Waals surface area contributed by atoms with Gasteiger partial charge in [-0.05, 0) is 50.6 Å². The molecule has 3 heterocycles. The number of nitrogens with zero attached hydrogens (tertiary/aromatic N) is 6. The lowest BCUT2D eigenvalue weighted by Crippen LogP contribution is -2.52. The summed E-state index contributed by atoms with van der Waals surface area (Å²) in [6.07, 6.45) is 3.55. The number of piperazine rings is 1. The molecule has 2 aromatic heterocycles. The van der Waals surface area contributed by atoms with E-state index in [1.807, 2.05) is 16.9 Å². The minimum absolute atomic E-state index is 0.387. The Kier molecular flexibility index (Phi) is 4.62. The fourth-order valence-corrected chi connectivity index (χ4v) is 4.30. The van der Waals surface area contributed by atoms with Gasteiger partial charge in [0.05, 0.1) is 17.3 Å². The minimum atomic E-state index is 0.387. The molecule has 0 aliphatic carbocycles. The predicted molar refractivity (Wildman–Crippen MR) is 122 cm³/mol. The van der Waals surface area contributed by atoms with E-state index in [1.54, 1.807) is 6.33 Å². The lowest BCUT2D eigenvalue weighted by Gasteiger charge is -2.42. The number of benzene rings is 2. The zero-order valence-corrected chi connectivity index (χ0v) is 17.7. The van der Waals surface area contributed by atoms with Crippen molar-refractivity contribution in [1.29, 1.82) is 0 Å². The van der Waals surface area contributed by atoms with E-state index in [0.29, 0.717) is 6.04 Å². The number of fused-ring (bicyclic) bond motifs is 1. The first-order valence-corrected chi connectivity index (χ1v) is 10.4. The SMILES string of the molecule is Cc1ccc(N2CCN(c3ncnc4c3cnn4-c3cccc(C)c3)C[C@H]2C)cc1. The van der Waals surface area contributed by atoms with Gasteiger partial charge in [0.2, 0.25) is 0 Å². The van der Waals surface area contributed by atoms with Gasteiger partial charge in [0, 0.05) is 31.4 Å². The monoisotopic (exact) mass is 398 g/mol. The van der Waals surface area contributed by atoms with Crippen molar-refractivity contribution >= 4 is 22.5 Å². The third kappa shape index (κ3) is 3.28. The molecule has 2 aromatic carbocycles. The largest absolute Gasteiger partial charge is 0.365 e. The van der Waals surface area contributed by atoms with E-state index in [-0.39, 0.29) is 0 Å². The van der Waals surface area contributed by atoms with E-state index in [9.17, 15) is 0 Å². The molecule has 1 fully saturated rings. The number of aromatic nitrogens is 4. The van der Waals surface area contributed by atoms with Gasteiger partial charge in [-0.3, -0.25) is 0 Å². The molecule has 0 unspecified atom stereocenters. The van der Waals surface area contributed by atoms with Crippen LogP contribution >= 0.6 is 0 Å². The molecule has 1 saturated heterocycles. The highest BCUT2D eigenvalue weighted by atomic mass is 15.3. The van der Waals surface area contributed by atoms with Crippen molar-refractivity contribution in [3.05, 3.63) is 72.2 Å². The Balaban J connectivity index is 1.44. The molecular formula is C24H26N6. The number of aryl methyl sites for hydroxylation is 2. The van der Waals surface area contributed by atoms with Gasteiger partial charge in [-0.2, -0.15) is 5.10 Å². The van der Waals surface area contributed by atoms with Crippen molar-refractivity contribution < 1.29 is 0 Å². The predicted octanol–water partition coefficient (Wildman–Crippen LogP) is 4.15. The molecule has 6 nitrogen and oxygen atoms in total. The van der Waals surface area contributed by atoms with Crippen LogP contribution in [0.3, 0.4) is 0 Å². The molecule has 0 amide bonds. The first kappa shape index (κ1) is 18.6. The summed E-state index contributed by atoms with van der Waals surface area (Å²) >= 11 is 0. The second-order valence-corrected chi connectivity index (χ2v) is 8.15.